The molecule has 0 aliphatic carbocycles. The summed E-state index contributed by atoms with van der Waals surface area (Å²) >= 11 is 0. The second kappa shape index (κ2) is 5.85. The van der Waals surface area contributed by atoms with Gasteiger partial charge in [-0.15, -0.1) is 0 Å². The summed E-state index contributed by atoms with van der Waals surface area (Å²) in [6.45, 7) is 12.2. The molecule has 0 amide bonds. The van der Waals surface area contributed by atoms with Gasteiger partial charge in [0.1, 0.15) is 0 Å². The Morgan fingerprint density at radius 1 is 0.857 bits per heavy atom. The first kappa shape index (κ1) is 18.4. The predicted molar refractivity (Wildman–Crippen MR) is 85.3 cm³/mol. The van der Waals surface area contributed by atoms with Crippen LogP contribution in [0, 0.1) is 0 Å². The zero-order valence-corrected chi connectivity index (χ0v) is 14.9. The van der Waals surface area contributed by atoms with E-state index in [-0.39, 0.29) is 0 Å². The van der Waals surface area contributed by atoms with Gasteiger partial charge >= 0.3 is 7.60 Å². The average molecular weight is 314 g/mol. The Balaban J connectivity index is 3.33. The molecule has 1 rings (SSSR count). The Hall–Kier alpha value is -0.670. The molecular formula is C16H27O4P. The molecule has 21 heavy (non-hydrogen) atoms. The number of hydrogen-bond acceptors (Lipinski definition) is 4. The molecule has 0 fully saturated rings. The first-order valence-electron chi connectivity index (χ1n) is 7.06. The largest absolute Gasteiger partial charge is 0.373 e. The lowest BCUT2D eigenvalue weighted by Crippen LogP contribution is -2.33. The van der Waals surface area contributed by atoms with Crippen molar-refractivity contribution in [2.75, 3.05) is 0 Å². The van der Waals surface area contributed by atoms with Crippen LogP contribution < -0.4 is 0 Å². The SMILES string of the molecule is CC(C)(C)OP(=O)(OC(C)(C)C)C(C)(O)c1ccccc1. The molecule has 0 aliphatic heterocycles. The van der Waals surface area contributed by atoms with Crippen molar-refractivity contribution in [1.29, 1.82) is 0 Å². The van der Waals surface area contributed by atoms with E-state index in [0.717, 1.165) is 0 Å². The van der Waals surface area contributed by atoms with E-state index in [0.29, 0.717) is 5.56 Å². The van der Waals surface area contributed by atoms with Gasteiger partial charge in [-0.2, -0.15) is 0 Å². The van der Waals surface area contributed by atoms with E-state index < -0.39 is 24.1 Å². The average Bonchev–Trinajstić information content (AvgIpc) is 2.24. The molecule has 1 atom stereocenters. The van der Waals surface area contributed by atoms with Crippen molar-refractivity contribution in [1.82, 2.24) is 0 Å². The van der Waals surface area contributed by atoms with E-state index in [1.54, 1.807) is 65.8 Å². The summed E-state index contributed by atoms with van der Waals surface area (Å²) in [5.41, 5.74) is -0.916. The Kier molecular flexibility index (Phi) is 5.12. The number of rotatable bonds is 4. The lowest BCUT2D eigenvalue weighted by Gasteiger charge is -2.39. The summed E-state index contributed by atoms with van der Waals surface area (Å²) in [5, 5.41) is 9.19. The first-order valence-corrected chi connectivity index (χ1v) is 8.61. The standard InChI is InChI=1S/C16H27O4P/c1-14(2,3)19-21(18,20-15(4,5)6)16(7,17)13-11-9-8-10-12-13/h8-12,17H,1-7H3. The van der Waals surface area contributed by atoms with Crippen LogP contribution in [-0.2, 0) is 19.0 Å². The Labute approximate surface area is 128 Å². The molecule has 0 aliphatic rings. The van der Waals surface area contributed by atoms with Crippen molar-refractivity contribution in [2.24, 2.45) is 0 Å². The molecule has 1 unspecified atom stereocenters. The van der Waals surface area contributed by atoms with Gasteiger partial charge in [-0.3, -0.25) is 4.57 Å². The minimum absolute atomic E-state index is 0.502. The van der Waals surface area contributed by atoms with Crippen LogP contribution >= 0.6 is 7.60 Å². The highest BCUT2D eigenvalue weighted by Gasteiger charge is 2.51. The van der Waals surface area contributed by atoms with Crippen LogP contribution in [0.1, 0.15) is 54.0 Å². The first-order chi connectivity index (χ1) is 9.27. The van der Waals surface area contributed by atoms with E-state index >= 15 is 0 Å². The molecule has 0 heterocycles. The molecule has 0 saturated carbocycles. The molecule has 1 N–H and O–H groups in total. The highest BCUT2D eigenvalue weighted by atomic mass is 31.2. The lowest BCUT2D eigenvalue weighted by molar-refractivity contribution is 0.00146. The van der Waals surface area contributed by atoms with Crippen LogP contribution in [0.25, 0.3) is 0 Å². The topological polar surface area (TPSA) is 55.8 Å². The molecular weight excluding hydrogens is 287 g/mol. The normalized spacial score (nSPS) is 16.6. The van der Waals surface area contributed by atoms with Gasteiger partial charge < -0.3 is 14.2 Å². The van der Waals surface area contributed by atoms with Crippen LogP contribution in [0.3, 0.4) is 0 Å². The summed E-state index contributed by atoms with van der Waals surface area (Å²) in [4.78, 5) is 0. The second-order valence-corrected chi connectivity index (χ2v) is 9.52. The van der Waals surface area contributed by atoms with E-state index in [4.69, 9.17) is 9.05 Å². The zero-order valence-electron chi connectivity index (χ0n) is 14.0. The molecule has 0 bridgehead atoms. The molecule has 0 saturated heterocycles. The fraction of sp³-hybridized carbons (Fsp3) is 0.625. The molecule has 4 nitrogen and oxygen atoms in total. The minimum Gasteiger partial charge on any atom is -0.373 e. The summed E-state index contributed by atoms with van der Waals surface area (Å²) in [5.74, 6) is 0. The molecule has 0 aromatic heterocycles. The lowest BCUT2D eigenvalue weighted by atomic mass is 10.1. The van der Waals surface area contributed by atoms with Crippen LogP contribution in [0.2, 0.25) is 0 Å². The van der Waals surface area contributed by atoms with Crippen molar-refractivity contribution in [3.05, 3.63) is 35.9 Å². The van der Waals surface area contributed by atoms with Gasteiger partial charge in [0, 0.05) is 0 Å². The molecule has 1 aromatic rings. The fourth-order valence-electron chi connectivity index (χ4n) is 1.83. The highest BCUT2D eigenvalue weighted by Crippen LogP contribution is 2.66. The number of benzene rings is 1. The highest BCUT2D eigenvalue weighted by molar-refractivity contribution is 7.55. The second-order valence-electron chi connectivity index (χ2n) is 7.29. The summed E-state index contributed by atoms with van der Waals surface area (Å²) in [6.07, 6.45) is 0. The van der Waals surface area contributed by atoms with Crippen LogP contribution in [-0.4, -0.2) is 16.3 Å². The fourth-order valence-corrected chi connectivity index (χ4v) is 4.13. The maximum absolute atomic E-state index is 13.4. The third-order valence-electron chi connectivity index (χ3n) is 2.64. The van der Waals surface area contributed by atoms with Gasteiger partial charge in [0.15, 0.2) is 5.34 Å². The number of hydrogen-bond donors (Lipinski definition) is 1. The molecule has 5 heteroatoms. The maximum atomic E-state index is 13.4. The predicted octanol–water partition coefficient (Wildman–Crippen LogP) is 4.67. The Morgan fingerprint density at radius 2 is 1.24 bits per heavy atom. The van der Waals surface area contributed by atoms with E-state index in [2.05, 4.69) is 0 Å². The van der Waals surface area contributed by atoms with Gasteiger partial charge in [0.25, 0.3) is 0 Å². The smallest absolute Gasteiger partial charge is 0.367 e. The third-order valence-corrected chi connectivity index (χ3v) is 5.54. The van der Waals surface area contributed by atoms with E-state index in [9.17, 15) is 9.67 Å². The third kappa shape index (κ3) is 4.93. The molecule has 120 valence electrons. The Morgan fingerprint density at radius 3 is 1.57 bits per heavy atom. The monoisotopic (exact) mass is 314 g/mol. The summed E-state index contributed by atoms with van der Waals surface area (Å²) < 4.78 is 24.8. The van der Waals surface area contributed by atoms with Crippen molar-refractivity contribution in [2.45, 2.75) is 65.0 Å². The molecule has 0 radical (unpaired) electrons. The van der Waals surface area contributed by atoms with Crippen LogP contribution in [0.15, 0.2) is 30.3 Å². The van der Waals surface area contributed by atoms with Crippen LogP contribution in [0.4, 0.5) is 0 Å². The van der Waals surface area contributed by atoms with Crippen molar-refractivity contribution < 1.29 is 18.7 Å². The molecule has 1 aromatic carbocycles. The van der Waals surface area contributed by atoms with Crippen molar-refractivity contribution in [3.63, 3.8) is 0 Å². The zero-order chi connectivity index (χ0) is 16.5. The van der Waals surface area contributed by atoms with E-state index in [1.165, 1.54) is 6.92 Å². The van der Waals surface area contributed by atoms with E-state index in [1.807, 2.05) is 6.07 Å². The van der Waals surface area contributed by atoms with Crippen molar-refractivity contribution >= 4 is 7.60 Å². The summed E-state index contributed by atoms with van der Waals surface area (Å²) in [6, 6.07) is 8.82. The van der Waals surface area contributed by atoms with Crippen LogP contribution in [0.5, 0.6) is 0 Å². The maximum Gasteiger partial charge on any atom is 0.367 e. The molecule has 0 spiro atoms. The van der Waals surface area contributed by atoms with Crippen molar-refractivity contribution in [3.8, 4) is 0 Å². The quantitative estimate of drug-likeness (QED) is 0.820. The Bertz CT molecular complexity index is 489. The van der Waals surface area contributed by atoms with Gasteiger partial charge in [-0.1, -0.05) is 30.3 Å². The van der Waals surface area contributed by atoms with Gasteiger partial charge in [0.05, 0.1) is 11.2 Å². The summed E-state index contributed by atoms with van der Waals surface area (Å²) in [7, 11) is -3.83. The van der Waals surface area contributed by atoms with Gasteiger partial charge in [0.2, 0.25) is 0 Å². The minimum atomic E-state index is -3.83. The van der Waals surface area contributed by atoms with Gasteiger partial charge in [-0.25, -0.2) is 0 Å². The van der Waals surface area contributed by atoms with Gasteiger partial charge in [-0.05, 0) is 54.0 Å². The number of aliphatic hydroxyl groups is 1.